The number of ether oxygens (including phenoxy) is 1. The summed E-state index contributed by atoms with van der Waals surface area (Å²) in [5.74, 6) is -1.73. The molecule has 6 heteroatoms. The third-order valence-electron chi connectivity index (χ3n) is 3.60. The number of aromatic nitrogens is 1. The molecule has 1 heterocycles. The molecule has 0 radical (unpaired) electrons. The summed E-state index contributed by atoms with van der Waals surface area (Å²) >= 11 is 0. The lowest BCUT2D eigenvalue weighted by molar-refractivity contribution is -0.126. The van der Waals surface area contributed by atoms with Gasteiger partial charge >= 0.3 is 0 Å². The fourth-order valence-electron chi connectivity index (χ4n) is 2.31. The largest absolute Gasteiger partial charge is 0.385 e. The van der Waals surface area contributed by atoms with Gasteiger partial charge in [-0.1, -0.05) is 6.07 Å². The summed E-state index contributed by atoms with van der Waals surface area (Å²) in [6.07, 6.45) is 6.32. The van der Waals surface area contributed by atoms with Crippen molar-refractivity contribution < 1.29 is 18.3 Å². The number of pyridine rings is 1. The predicted molar refractivity (Wildman–Crippen MR) is 91.5 cm³/mol. The van der Waals surface area contributed by atoms with E-state index in [0.717, 1.165) is 17.7 Å². The highest BCUT2D eigenvalue weighted by atomic mass is 19.1. The first-order valence-corrected chi connectivity index (χ1v) is 7.90. The molecule has 2 rings (SSSR count). The van der Waals surface area contributed by atoms with Crippen LogP contribution >= 0.6 is 0 Å². The summed E-state index contributed by atoms with van der Waals surface area (Å²) in [4.78, 5) is 18.0. The van der Waals surface area contributed by atoms with E-state index in [1.807, 2.05) is 12.1 Å². The van der Waals surface area contributed by atoms with Gasteiger partial charge in [0.2, 0.25) is 5.91 Å². The zero-order chi connectivity index (χ0) is 18.1. The first-order valence-electron chi connectivity index (χ1n) is 7.90. The second kappa shape index (κ2) is 9.64. The number of nitrogens with zero attached hydrogens (tertiary/aromatic N) is 2. The highest BCUT2D eigenvalue weighted by molar-refractivity contribution is 5.91. The molecular formula is C19H20F2N2O2. The van der Waals surface area contributed by atoms with Gasteiger partial charge in [-0.15, -0.1) is 0 Å². The van der Waals surface area contributed by atoms with Crippen molar-refractivity contribution in [2.75, 3.05) is 20.3 Å². The van der Waals surface area contributed by atoms with Crippen molar-refractivity contribution in [3.8, 4) is 0 Å². The third kappa shape index (κ3) is 5.76. The first kappa shape index (κ1) is 18.7. The number of carbonyl (C=O) groups excluding carboxylic acids is 1. The van der Waals surface area contributed by atoms with E-state index < -0.39 is 11.6 Å². The molecule has 1 amide bonds. The van der Waals surface area contributed by atoms with Crippen molar-refractivity contribution in [1.29, 1.82) is 0 Å². The number of methoxy groups -OCH3 is 1. The smallest absolute Gasteiger partial charge is 0.246 e. The molecule has 0 unspecified atom stereocenters. The summed E-state index contributed by atoms with van der Waals surface area (Å²) in [5, 5.41) is 0. The Bertz CT molecular complexity index is 700. The van der Waals surface area contributed by atoms with Crippen molar-refractivity contribution in [3.05, 3.63) is 71.6 Å². The normalized spacial score (nSPS) is 11.0. The molecule has 0 aliphatic rings. The van der Waals surface area contributed by atoms with Crippen molar-refractivity contribution in [2.24, 2.45) is 0 Å². The van der Waals surface area contributed by atoms with Crippen LogP contribution in [0.5, 0.6) is 0 Å². The van der Waals surface area contributed by atoms with Crippen LogP contribution in [0.25, 0.3) is 6.08 Å². The summed E-state index contributed by atoms with van der Waals surface area (Å²) in [6, 6.07) is 7.22. The minimum Gasteiger partial charge on any atom is -0.385 e. The number of benzene rings is 1. The fourth-order valence-corrected chi connectivity index (χ4v) is 2.31. The quantitative estimate of drug-likeness (QED) is 0.543. The summed E-state index contributed by atoms with van der Waals surface area (Å²) in [5.41, 5.74) is 0.697. The minimum atomic E-state index is -0.705. The Kier molecular flexibility index (Phi) is 7.22. The van der Waals surface area contributed by atoms with Crippen LogP contribution in [0.4, 0.5) is 8.78 Å². The third-order valence-corrected chi connectivity index (χ3v) is 3.60. The Labute approximate surface area is 145 Å². The van der Waals surface area contributed by atoms with Crippen molar-refractivity contribution in [3.63, 3.8) is 0 Å². The maximum absolute atomic E-state index is 13.7. The van der Waals surface area contributed by atoms with E-state index in [2.05, 4.69) is 4.98 Å². The van der Waals surface area contributed by atoms with Crippen molar-refractivity contribution >= 4 is 12.0 Å². The van der Waals surface area contributed by atoms with Gasteiger partial charge in [-0.2, -0.15) is 0 Å². The number of carbonyl (C=O) groups is 1. The summed E-state index contributed by atoms with van der Waals surface area (Å²) in [7, 11) is 1.59. The van der Waals surface area contributed by atoms with Gasteiger partial charge in [0.1, 0.15) is 11.6 Å². The van der Waals surface area contributed by atoms with E-state index >= 15 is 0 Å². The molecule has 0 aliphatic carbocycles. The van der Waals surface area contributed by atoms with Gasteiger partial charge in [-0.25, -0.2) is 8.78 Å². The van der Waals surface area contributed by atoms with Crippen LogP contribution in [0, 0.1) is 11.6 Å². The average molecular weight is 346 g/mol. The van der Waals surface area contributed by atoms with Crippen molar-refractivity contribution in [1.82, 2.24) is 9.88 Å². The molecule has 0 spiro atoms. The first-order chi connectivity index (χ1) is 12.1. The average Bonchev–Trinajstić information content (AvgIpc) is 2.61. The Morgan fingerprint density at radius 2 is 1.88 bits per heavy atom. The zero-order valence-corrected chi connectivity index (χ0v) is 14.0. The van der Waals surface area contributed by atoms with Crippen LogP contribution in [-0.2, 0) is 16.1 Å². The standard InChI is InChI=1S/C19H20F2N2O2/c1-25-13-3-12-23(14-15-8-10-22-11-9-15)19(24)7-6-16-17(20)4-2-5-18(16)21/h2,4-11H,3,12-14H2,1H3/b7-6-. The molecule has 0 bridgehead atoms. The number of amides is 1. The number of halogens is 2. The van der Waals surface area contributed by atoms with Crippen LogP contribution < -0.4 is 0 Å². The van der Waals surface area contributed by atoms with E-state index in [4.69, 9.17) is 4.74 Å². The lowest BCUT2D eigenvalue weighted by atomic mass is 10.1. The number of hydrogen-bond donors (Lipinski definition) is 0. The van der Waals surface area contributed by atoms with Crippen LogP contribution in [0.1, 0.15) is 17.5 Å². The van der Waals surface area contributed by atoms with Gasteiger partial charge in [0, 0.05) is 50.8 Å². The second-order valence-electron chi connectivity index (χ2n) is 5.43. The minimum absolute atomic E-state index is 0.225. The lowest BCUT2D eigenvalue weighted by Crippen LogP contribution is -2.30. The maximum atomic E-state index is 13.7. The van der Waals surface area contributed by atoms with Crippen LogP contribution in [0.3, 0.4) is 0 Å². The summed E-state index contributed by atoms with van der Waals surface area (Å²) in [6.45, 7) is 1.38. The van der Waals surface area contributed by atoms with Gasteiger partial charge in [-0.05, 0) is 42.3 Å². The molecular weight excluding hydrogens is 326 g/mol. The molecule has 0 fully saturated rings. The molecule has 1 aromatic carbocycles. The van der Waals surface area contributed by atoms with Crippen LogP contribution in [0.15, 0.2) is 48.8 Å². The molecule has 0 saturated carbocycles. The second-order valence-corrected chi connectivity index (χ2v) is 5.43. The van der Waals surface area contributed by atoms with Crippen LogP contribution in [0.2, 0.25) is 0 Å². The zero-order valence-electron chi connectivity index (χ0n) is 14.0. The van der Waals surface area contributed by atoms with E-state index in [0.29, 0.717) is 26.1 Å². The molecule has 132 valence electrons. The maximum Gasteiger partial charge on any atom is 0.246 e. The van der Waals surface area contributed by atoms with Gasteiger partial charge in [-0.3, -0.25) is 9.78 Å². The topological polar surface area (TPSA) is 42.4 Å². The number of hydrogen-bond acceptors (Lipinski definition) is 3. The Balaban J connectivity index is 2.12. The Hall–Kier alpha value is -2.60. The van der Waals surface area contributed by atoms with E-state index in [1.54, 1.807) is 24.4 Å². The van der Waals surface area contributed by atoms with Gasteiger partial charge in [0.05, 0.1) is 0 Å². The Morgan fingerprint density at radius 1 is 1.20 bits per heavy atom. The van der Waals surface area contributed by atoms with E-state index in [9.17, 15) is 13.6 Å². The van der Waals surface area contributed by atoms with Gasteiger partial charge in [0.25, 0.3) is 0 Å². The van der Waals surface area contributed by atoms with Gasteiger partial charge in [0.15, 0.2) is 0 Å². The molecule has 0 N–H and O–H groups in total. The van der Waals surface area contributed by atoms with Crippen molar-refractivity contribution in [2.45, 2.75) is 13.0 Å². The predicted octanol–water partition coefficient (Wildman–Crippen LogP) is 3.44. The molecule has 4 nitrogen and oxygen atoms in total. The molecule has 2 aromatic rings. The van der Waals surface area contributed by atoms with E-state index in [1.165, 1.54) is 18.2 Å². The number of rotatable bonds is 8. The highest BCUT2D eigenvalue weighted by Gasteiger charge is 2.12. The van der Waals surface area contributed by atoms with E-state index in [-0.39, 0.29) is 11.5 Å². The Morgan fingerprint density at radius 3 is 2.52 bits per heavy atom. The summed E-state index contributed by atoms with van der Waals surface area (Å²) < 4.78 is 32.3. The lowest BCUT2D eigenvalue weighted by Gasteiger charge is -2.21. The highest BCUT2D eigenvalue weighted by Crippen LogP contribution is 2.14. The molecule has 1 aromatic heterocycles. The monoisotopic (exact) mass is 346 g/mol. The van der Waals surface area contributed by atoms with Crippen LogP contribution in [-0.4, -0.2) is 36.1 Å². The fraction of sp³-hybridized carbons (Fsp3) is 0.263. The SMILES string of the molecule is COCCCN(Cc1ccncc1)C(=O)/C=C\c1c(F)cccc1F. The molecule has 0 aliphatic heterocycles. The molecule has 0 saturated heterocycles. The molecule has 25 heavy (non-hydrogen) atoms. The molecule has 0 atom stereocenters. The van der Waals surface area contributed by atoms with Gasteiger partial charge < -0.3 is 9.64 Å².